The van der Waals surface area contributed by atoms with E-state index in [1.807, 2.05) is 0 Å². The molecule has 0 saturated carbocycles. The van der Waals surface area contributed by atoms with Gasteiger partial charge in [-0.15, -0.1) is 0 Å². The Hall–Kier alpha value is -0.410. The smallest absolute Gasteiger partial charge is 0.136 e. The maximum atomic E-state index is 11.6. The highest BCUT2D eigenvalue weighted by atomic mass is 16.1. The van der Waals surface area contributed by atoms with Crippen LogP contribution in [-0.4, -0.2) is 54.9 Å². The van der Waals surface area contributed by atoms with Crippen molar-refractivity contribution >= 4 is 5.78 Å². The summed E-state index contributed by atoms with van der Waals surface area (Å²) in [7, 11) is 0. The van der Waals surface area contributed by atoms with Crippen molar-refractivity contribution in [1.82, 2.24) is 9.80 Å². The molecule has 0 aliphatic carbocycles. The molecule has 2 aliphatic heterocycles. The van der Waals surface area contributed by atoms with Crippen LogP contribution >= 0.6 is 0 Å². The van der Waals surface area contributed by atoms with Gasteiger partial charge in [-0.05, 0) is 64.7 Å². The van der Waals surface area contributed by atoms with Crippen molar-refractivity contribution in [3.05, 3.63) is 0 Å². The first-order valence-corrected chi connectivity index (χ1v) is 7.93. The van der Waals surface area contributed by atoms with Gasteiger partial charge in [0.1, 0.15) is 5.78 Å². The minimum atomic E-state index is -0.179. The zero-order valence-corrected chi connectivity index (χ0v) is 13.0. The highest BCUT2D eigenvalue weighted by Crippen LogP contribution is 2.24. The lowest BCUT2D eigenvalue weighted by Gasteiger charge is -2.37. The highest BCUT2D eigenvalue weighted by Gasteiger charge is 2.29. The third kappa shape index (κ3) is 4.28. The number of likely N-dealkylation sites (tertiary alicyclic amines) is 2. The van der Waals surface area contributed by atoms with Crippen LogP contribution in [0.25, 0.3) is 0 Å². The number of carbonyl (C=O) groups excluding carboxylic acids is 1. The van der Waals surface area contributed by atoms with E-state index >= 15 is 0 Å². The largest absolute Gasteiger partial charge is 0.303 e. The molecule has 3 heteroatoms. The second-order valence-electron chi connectivity index (χ2n) is 7.17. The first-order valence-electron chi connectivity index (χ1n) is 7.93. The minimum Gasteiger partial charge on any atom is -0.303 e. The Morgan fingerprint density at radius 2 is 1.63 bits per heavy atom. The Bertz CT molecular complexity index is 300. The van der Waals surface area contributed by atoms with Crippen molar-refractivity contribution < 1.29 is 4.79 Å². The molecule has 0 unspecified atom stereocenters. The zero-order chi connectivity index (χ0) is 13.9. The van der Waals surface area contributed by atoms with Gasteiger partial charge in [0.2, 0.25) is 0 Å². The molecule has 0 atom stereocenters. The summed E-state index contributed by atoms with van der Waals surface area (Å²) in [5.74, 6) is 1.20. The molecule has 19 heavy (non-hydrogen) atoms. The number of nitrogens with zero attached hydrogens (tertiary/aromatic N) is 2. The normalized spacial score (nSPS) is 23.9. The minimum absolute atomic E-state index is 0.179. The van der Waals surface area contributed by atoms with Crippen molar-refractivity contribution in [2.75, 3.05) is 39.3 Å². The predicted octanol–water partition coefficient (Wildman–Crippen LogP) is 2.41. The van der Waals surface area contributed by atoms with E-state index in [1.54, 1.807) is 6.92 Å². The van der Waals surface area contributed by atoms with E-state index in [4.69, 9.17) is 0 Å². The summed E-state index contributed by atoms with van der Waals surface area (Å²) in [6.07, 6.45) is 5.41. The van der Waals surface area contributed by atoms with Crippen molar-refractivity contribution in [2.24, 2.45) is 11.3 Å². The van der Waals surface area contributed by atoms with Gasteiger partial charge in [0.15, 0.2) is 0 Å². The van der Waals surface area contributed by atoms with Crippen LogP contribution in [0.1, 0.15) is 46.5 Å². The number of hydrogen-bond acceptors (Lipinski definition) is 3. The number of hydrogen-bond donors (Lipinski definition) is 0. The summed E-state index contributed by atoms with van der Waals surface area (Å²) in [5, 5.41) is 0. The molecule has 2 saturated heterocycles. The molecule has 2 rings (SSSR count). The molecular formula is C16H30N2O. The fourth-order valence-corrected chi connectivity index (χ4v) is 3.33. The Kier molecular flexibility index (Phi) is 5.02. The quantitative estimate of drug-likeness (QED) is 0.763. The van der Waals surface area contributed by atoms with Crippen LogP contribution < -0.4 is 0 Å². The number of rotatable bonds is 5. The summed E-state index contributed by atoms with van der Waals surface area (Å²) in [6, 6.07) is 0. The van der Waals surface area contributed by atoms with Gasteiger partial charge in [-0.3, -0.25) is 4.79 Å². The van der Waals surface area contributed by atoms with Gasteiger partial charge in [0.25, 0.3) is 0 Å². The van der Waals surface area contributed by atoms with E-state index in [2.05, 4.69) is 23.6 Å². The predicted molar refractivity (Wildman–Crippen MR) is 79.3 cm³/mol. The molecular weight excluding hydrogens is 236 g/mol. The lowest BCUT2D eigenvalue weighted by Crippen LogP contribution is -2.44. The summed E-state index contributed by atoms with van der Waals surface area (Å²) in [5.41, 5.74) is -0.179. The number of piperidine rings is 1. The monoisotopic (exact) mass is 266 g/mol. The average Bonchev–Trinajstić information content (AvgIpc) is 2.84. The van der Waals surface area contributed by atoms with Gasteiger partial charge >= 0.3 is 0 Å². The molecule has 0 aromatic rings. The fourth-order valence-electron chi connectivity index (χ4n) is 3.33. The third-order valence-corrected chi connectivity index (χ3v) is 4.99. The van der Waals surface area contributed by atoms with Gasteiger partial charge in [0, 0.05) is 18.5 Å². The zero-order valence-electron chi connectivity index (χ0n) is 13.0. The molecule has 0 spiro atoms. The molecule has 0 aromatic heterocycles. The maximum Gasteiger partial charge on any atom is 0.136 e. The average molecular weight is 266 g/mol. The van der Waals surface area contributed by atoms with Gasteiger partial charge in [-0.25, -0.2) is 0 Å². The summed E-state index contributed by atoms with van der Waals surface area (Å²) in [4.78, 5) is 16.7. The first-order chi connectivity index (χ1) is 8.97. The lowest BCUT2D eigenvalue weighted by molar-refractivity contribution is -0.126. The summed E-state index contributed by atoms with van der Waals surface area (Å²) < 4.78 is 0. The molecule has 0 radical (unpaired) electrons. The molecule has 3 nitrogen and oxygen atoms in total. The summed E-state index contributed by atoms with van der Waals surface area (Å²) >= 11 is 0. The van der Waals surface area contributed by atoms with E-state index in [0.717, 1.165) is 12.5 Å². The molecule has 110 valence electrons. The molecule has 2 aliphatic rings. The second-order valence-corrected chi connectivity index (χ2v) is 7.17. The SMILES string of the molecule is CC(=O)C(C)(C)CN1CCC(CN2CCCC2)CC1. The Morgan fingerprint density at radius 1 is 1.05 bits per heavy atom. The Morgan fingerprint density at radius 3 is 2.16 bits per heavy atom. The molecule has 0 bridgehead atoms. The second kappa shape index (κ2) is 6.36. The van der Waals surface area contributed by atoms with E-state index in [0.29, 0.717) is 5.78 Å². The van der Waals surface area contributed by atoms with Crippen molar-refractivity contribution in [3.63, 3.8) is 0 Å². The van der Waals surface area contributed by atoms with Crippen LogP contribution in [0.4, 0.5) is 0 Å². The van der Waals surface area contributed by atoms with Crippen molar-refractivity contribution in [2.45, 2.75) is 46.5 Å². The summed E-state index contributed by atoms with van der Waals surface area (Å²) in [6.45, 7) is 13.1. The topological polar surface area (TPSA) is 23.6 Å². The van der Waals surface area contributed by atoms with E-state index in [1.165, 1.54) is 58.4 Å². The molecule has 0 amide bonds. The number of Topliss-reactive ketones (excluding diaryl/α,β-unsaturated/α-hetero) is 1. The van der Waals surface area contributed by atoms with Crippen molar-refractivity contribution in [3.8, 4) is 0 Å². The Labute approximate surface area is 118 Å². The molecule has 2 heterocycles. The van der Waals surface area contributed by atoms with Gasteiger partial charge < -0.3 is 9.80 Å². The van der Waals surface area contributed by atoms with Crippen molar-refractivity contribution in [1.29, 1.82) is 0 Å². The molecule has 0 N–H and O–H groups in total. The van der Waals surface area contributed by atoms with E-state index < -0.39 is 0 Å². The van der Waals surface area contributed by atoms with Gasteiger partial charge in [-0.1, -0.05) is 13.8 Å². The standard InChI is InChI=1S/C16H30N2O/c1-14(19)16(2,3)13-18-10-6-15(7-11-18)12-17-8-4-5-9-17/h15H,4-13H2,1-3H3. The van der Waals surface area contributed by atoms with Crippen LogP contribution in [0.3, 0.4) is 0 Å². The molecule has 0 aromatic carbocycles. The van der Waals surface area contributed by atoms with Gasteiger partial charge in [0.05, 0.1) is 0 Å². The van der Waals surface area contributed by atoms with Crippen LogP contribution in [-0.2, 0) is 4.79 Å². The van der Waals surface area contributed by atoms with Crippen LogP contribution in [0.2, 0.25) is 0 Å². The third-order valence-electron chi connectivity index (χ3n) is 4.99. The van der Waals surface area contributed by atoms with E-state index in [9.17, 15) is 4.79 Å². The van der Waals surface area contributed by atoms with Crippen LogP contribution in [0.15, 0.2) is 0 Å². The van der Waals surface area contributed by atoms with Crippen LogP contribution in [0, 0.1) is 11.3 Å². The fraction of sp³-hybridized carbons (Fsp3) is 0.938. The number of ketones is 1. The van der Waals surface area contributed by atoms with E-state index in [-0.39, 0.29) is 5.41 Å². The molecule has 2 fully saturated rings. The Balaban J connectivity index is 1.71. The number of carbonyl (C=O) groups is 1. The highest BCUT2D eigenvalue weighted by molar-refractivity contribution is 5.81. The van der Waals surface area contributed by atoms with Gasteiger partial charge in [-0.2, -0.15) is 0 Å². The first kappa shape index (κ1) is 15.0. The lowest BCUT2D eigenvalue weighted by atomic mass is 9.87. The van der Waals surface area contributed by atoms with Crippen LogP contribution in [0.5, 0.6) is 0 Å². The maximum absolute atomic E-state index is 11.6.